The Morgan fingerprint density at radius 1 is 1.33 bits per heavy atom. The predicted octanol–water partition coefficient (Wildman–Crippen LogP) is 3.83. The van der Waals surface area contributed by atoms with E-state index in [1.807, 2.05) is 0 Å². The standard InChI is InChI=1S/C15H13BrFNO3/c1-21-13-7-6-9(8-10(13)16)14(15(19)20)18-12-5-3-2-4-11(12)17/h2-8,14,18H,1H3,(H,19,20). The third kappa shape index (κ3) is 3.52. The molecule has 0 saturated heterocycles. The molecule has 0 saturated carbocycles. The molecule has 4 nitrogen and oxygen atoms in total. The van der Waals surface area contributed by atoms with Gasteiger partial charge in [0.05, 0.1) is 17.3 Å². The fraction of sp³-hybridized carbons (Fsp3) is 0.133. The van der Waals surface area contributed by atoms with Crippen LogP contribution in [0.4, 0.5) is 10.1 Å². The number of benzene rings is 2. The molecule has 0 aliphatic heterocycles. The van der Waals surface area contributed by atoms with Crippen molar-refractivity contribution in [2.45, 2.75) is 6.04 Å². The van der Waals surface area contributed by atoms with Gasteiger partial charge in [-0.2, -0.15) is 0 Å². The molecule has 0 amide bonds. The molecular formula is C15H13BrFNO3. The molecule has 1 atom stereocenters. The highest BCUT2D eigenvalue weighted by molar-refractivity contribution is 9.10. The molecule has 0 heterocycles. The fourth-order valence-corrected chi connectivity index (χ4v) is 2.44. The van der Waals surface area contributed by atoms with Crippen LogP contribution >= 0.6 is 15.9 Å². The van der Waals surface area contributed by atoms with E-state index in [1.165, 1.54) is 19.2 Å². The Balaban J connectivity index is 2.34. The maximum Gasteiger partial charge on any atom is 0.330 e. The zero-order valence-corrected chi connectivity index (χ0v) is 12.7. The first-order chi connectivity index (χ1) is 10.0. The maximum absolute atomic E-state index is 13.6. The van der Waals surface area contributed by atoms with Gasteiger partial charge in [-0.25, -0.2) is 9.18 Å². The van der Waals surface area contributed by atoms with Gasteiger partial charge >= 0.3 is 5.97 Å². The van der Waals surface area contributed by atoms with E-state index >= 15 is 0 Å². The van der Waals surface area contributed by atoms with Gasteiger partial charge in [0.2, 0.25) is 0 Å². The fourth-order valence-electron chi connectivity index (χ4n) is 1.88. The lowest BCUT2D eigenvalue weighted by molar-refractivity contribution is -0.138. The number of halogens is 2. The Hall–Kier alpha value is -2.08. The lowest BCUT2D eigenvalue weighted by Gasteiger charge is -2.17. The van der Waals surface area contributed by atoms with E-state index in [0.29, 0.717) is 15.8 Å². The molecule has 0 bridgehead atoms. The Kier molecular flexibility index (Phi) is 4.80. The number of methoxy groups -OCH3 is 1. The van der Waals surface area contributed by atoms with E-state index < -0.39 is 17.8 Å². The lowest BCUT2D eigenvalue weighted by atomic mass is 10.1. The smallest absolute Gasteiger partial charge is 0.330 e. The average Bonchev–Trinajstić information content (AvgIpc) is 2.46. The predicted molar refractivity (Wildman–Crippen MR) is 81.1 cm³/mol. The number of para-hydroxylation sites is 1. The molecule has 2 N–H and O–H groups in total. The quantitative estimate of drug-likeness (QED) is 0.857. The van der Waals surface area contributed by atoms with Gasteiger partial charge in [0.1, 0.15) is 11.6 Å². The number of anilines is 1. The zero-order chi connectivity index (χ0) is 15.4. The van der Waals surface area contributed by atoms with E-state index in [4.69, 9.17) is 4.74 Å². The Bertz CT molecular complexity index is 663. The number of carboxylic acid groups (broad SMARTS) is 1. The largest absolute Gasteiger partial charge is 0.496 e. The molecule has 2 rings (SSSR count). The highest BCUT2D eigenvalue weighted by atomic mass is 79.9. The normalized spacial score (nSPS) is 11.8. The number of ether oxygens (including phenoxy) is 1. The van der Waals surface area contributed by atoms with Crippen molar-refractivity contribution < 1.29 is 19.0 Å². The van der Waals surface area contributed by atoms with Crippen molar-refractivity contribution in [1.82, 2.24) is 0 Å². The second-order valence-electron chi connectivity index (χ2n) is 4.29. The SMILES string of the molecule is COc1ccc(C(Nc2ccccc2F)C(=O)O)cc1Br. The van der Waals surface area contributed by atoms with E-state index in [2.05, 4.69) is 21.2 Å². The van der Waals surface area contributed by atoms with Crippen molar-refractivity contribution >= 4 is 27.6 Å². The van der Waals surface area contributed by atoms with Crippen molar-refractivity contribution in [1.29, 1.82) is 0 Å². The van der Waals surface area contributed by atoms with Crippen LogP contribution in [0, 0.1) is 5.82 Å². The Morgan fingerprint density at radius 2 is 2.05 bits per heavy atom. The van der Waals surface area contributed by atoms with Crippen LogP contribution in [0.2, 0.25) is 0 Å². The molecule has 6 heteroatoms. The molecule has 0 fully saturated rings. The number of aliphatic carboxylic acids is 1. The Morgan fingerprint density at radius 3 is 2.62 bits per heavy atom. The minimum Gasteiger partial charge on any atom is -0.496 e. The van der Waals surface area contributed by atoms with Crippen molar-refractivity contribution in [3.63, 3.8) is 0 Å². The topological polar surface area (TPSA) is 58.6 Å². The van der Waals surface area contributed by atoms with Gasteiger partial charge < -0.3 is 15.2 Å². The average molecular weight is 354 g/mol. The number of hydrogen-bond acceptors (Lipinski definition) is 3. The van der Waals surface area contributed by atoms with Crippen LogP contribution in [0.25, 0.3) is 0 Å². The molecule has 2 aromatic carbocycles. The first kappa shape index (κ1) is 15.3. The summed E-state index contributed by atoms with van der Waals surface area (Å²) >= 11 is 3.30. The number of nitrogens with one attached hydrogen (secondary N) is 1. The second kappa shape index (κ2) is 6.58. The molecule has 21 heavy (non-hydrogen) atoms. The molecule has 1 unspecified atom stereocenters. The van der Waals surface area contributed by atoms with Crippen LogP contribution in [-0.2, 0) is 4.79 Å². The highest BCUT2D eigenvalue weighted by Crippen LogP contribution is 2.30. The van der Waals surface area contributed by atoms with Crippen LogP contribution in [0.5, 0.6) is 5.75 Å². The highest BCUT2D eigenvalue weighted by Gasteiger charge is 2.21. The van der Waals surface area contributed by atoms with Crippen LogP contribution in [0.1, 0.15) is 11.6 Å². The summed E-state index contributed by atoms with van der Waals surface area (Å²) in [6.45, 7) is 0. The zero-order valence-electron chi connectivity index (χ0n) is 11.1. The summed E-state index contributed by atoms with van der Waals surface area (Å²) in [6, 6.07) is 9.77. The first-order valence-corrected chi connectivity index (χ1v) is 6.89. The summed E-state index contributed by atoms with van der Waals surface area (Å²) in [6.07, 6.45) is 0. The van der Waals surface area contributed by atoms with Crippen LogP contribution in [0.3, 0.4) is 0 Å². The summed E-state index contributed by atoms with van der Waals surface area (Å²) in [4.78, 5) is 11.4. The molecule has 0 aromatic heterocycles. The summed E-state index contributed by atoms with van der Waals surface area (Å²) in [5, 5.41) is 12.1. The van der Waals surface area contributed by atoms with Crippen molar-refractivity contribution in [3.8, 4) is 5.75 Å². The van der Waals surface area contributed by atoms with Gasteiger partial charge in [-0.15, -0.1) is 0 Å². The summed E-state index contributed by atoms with van der Waals surface area (Å²) in [5.41, 5.74) is 0.621. The van der Waals surface area contributed by atoms with Crippen LogP contribution in [0.15, 0.2) is 46.9 Å². The second-order valence-corrected chi connectivity index (χ2v) is 5.14. The number of carboxylic acids is 1. The van der Waals surface area contributed by atoms with Gasteiger partial charge in [0.15, 0.2) is 6.04 Å². The Labute approximate surface area is 129 Å². The summed E-state index contributed by atoms with van der Waals surface area (Å²) in [7, 11) is 1.52. The van der Waals surface area contributed by atoms with E-state index in [-0.39, 0.29) is 5.69 Å². The number of rotatable bonds is 5. The molecule has 0 radical (unpaired) electrons. The van der Waals surface area contributed by atoms with Crippen LogP contribution in [-0.4, -0.2) is 18.2 Å². The van der Waals surface area contributed by atoms with Gasteiger partial charge in [0.25, 0.3) is 0 Å². The summed E-state index contributed by atoms with van der Waals surface area (Å²) < 4.78 is 19.4. The minimum absolute atomic E-state index is 0.136. The molecule has 0 aliphatic rings. The molecule has 110 valence electrons. The summed E-state index contributed by atoms with van der Waals surface area (Å²) in [5.74, 6) is -1.01. The molecule has 0 spiro atoms. The van der Waals surface area contributed by atoms with E-state index in [1.54, 1.807) is 30.3 Å². The molecule has 2 aromatic rings. The minimum atomic E-state index is -1.10. The molecule has 0 aliphatic carbocycles. The monoisotopic (exact) mass is 353 g/mol. The van der Waals surface area contributed by atoms with Crippen molar-refractivity contribution in [2.75, 3.05) is 12.4 Å². The molecular weight excluding hydrogens is 341 g/mol. The maximum atomic E-state index is 13.6. The van der Waals surface area contributed by atoms with Gasteiger partial charge in [-0.05, 0) is 45.8 Å². The van der Waals surface area contributed by atoms with Crippen molar-refractivity contribution in [3.05, 3.63) is 58.3 Å². The van der Waals surface area contributed by atoms with E-state index in [9.17, 15) is 14.3 Å². The third-order valence-corrected chi connectivity index (χ3v) is 3.55. The van der Waals surface area contributed by atoms with Gasteiger partial charge in [0, 0.05) is 0 Å². The first-order valence-electron chi connectivity index (χ1n) is 6.10. The van der Waals surface area contributed by atoms with E-state index in [0.717, 1.165) is 0 Å². The van der Waals surface area contributed by atoms with Gasteiger partial charge in [-0.3, -0.25) is 0 Å². The van der Waals surface area contributed by atoms with Gasteiger partial charge in [-0.1, -0.05) is 18.2 Å². The lowest BCUT2D eigenvalue weighted by Crippen LogP contribution is -2.21. The number of hydrogen-bond donors (Lipinski definition) is 2. The number of carbonyl (C=O) groups is 1. The van der Waals surface area contributed by atoms with Crippen molar-refractivity contribution in [2.24, 2.45) is 0 Å². The van der Waals surface area contributed by atoms with Crippen LogP contribution < -0.4 is 10.1 Å². The third-order valence-electron chi connectivity index (χ3n) is 2.93.